The molecule has 1 aliphatic heterocycles. The maximum atomic E-state index is 13.4. The monoisotopic (exact) mass is 426 g/mol. The van der Waals surface area contributed by atoms with E-state index in [4.69, 9.17) is 0 Å². The van der Waals surface area contributed by atoms with Gasteiger partial charge in [0.15, 0.2) is 0 Å². The molecule has 3 aromatic carbocycles. The first-order chi connectivity index (χ1) is 15.2. The van der Waals surface area contributed by atoms with Gasteiger partial charge >= 0.3 is 0 Å². The molecule has 0 aliphatic carbocycles. The minimum absolute atomic E-state index is 0.0276. The van der Waals surface area contributed by atoms with Crippen LogP contribution in [-0.4, -0.2) is 16.4 Å². The number of hydrogen-bond donors (Lipinski definition) is 0. The normalized spacial score (nSPS) is 19.5. The van der Waals surface area contributed by atoms with Gasteiger partial charge in [0.25, 0.3) is 11.6 Å². The lowest BCUT2D eigenvalue weighted by Gasteiger charge is -2.51. The maximum Gasteiger partial charge on any atom is 0.269 e. The number of amides is 1. The fourth-order valence-electron chi connectivity index (χ4n) is 4.93. The van der Waals surface area contributed by atoms with Gasteiger partial charge < -0.3 is 4.90 Å². The van der Waals surface area contributed by atoms with Crippen molar-refractivity contribution in [3.8, 4) is 0 Å². The van der Waals surface area contributed by atoms with Crippen molar-refractivity contribution in [2.45, 2.75) is 38.1 Å². The van der Waals surface area contributed by atoms with Gasteiger partial charge in [-0.3, -0.25) is 14.9 Å². The molecule has 0 N–H and O–H groups in total. The first kappa shape index (κ1) is 21.5. The molecule has 0 radical (unpaired) electrons. The number of fused-ring (bicyclic) bond motifs is 1. The molecular formula is C27H26N2O3. The highest BCUT2D eigenvalue weighted by Gasteiger charge is 2.47. The van der Waals surface area contributed by atoms with Crippen LogP contribution in [-0.2, 0) is 10.2 Å². The average Bonchev–Trinajstić information content (AvgIpc) is 2.78. The number of anilines is 1. The highest BCUT2D eigenvalue weighted by molar-refractivity contribution is 6.06. The maximum absolute atomic E-state index is 13.4. The van der Waals surface area contributed by atoms with Gasteiger partial charge in [0.05, 0.1) is 4.92 Å². The van der Waals surface area contributed by atoms with Crippen LogP contribution < -0.4 is 4.90 Å². The lowest BCUT2D eigenvalue weighted by molar-refractivity contribution is -0.384. The van der Waals surface area contributed by atoms with Crippen molar-refractivity contribution in [3.63, 3.8) is 0 Å². The molecule has 3 aromatic rings. The molecule has 5 nitrogen and oxygen atoms in total. The summed E-state index contributed by atoms with van der Waals surface area (Å²) in [5.74, 6) is -0.115. The number of non-ortho nitro benzene ring substituents is 1. The van der Waals surface area contributed by atoms with E-state index in [0.717, 1.165) is 23.2 Å². The van der Waals surface area contributed by atoms with E-state index in [2.05, 4.69) is 51.1 Å². The first-order valence-electron chi connectivity index (χ1n) is 10.6. The molecule has 32 heavy (non-hydrogen) atoms. The molecular weight excluding hydrogens is 400 g/mol. The number of benzene rings is 3. The van der Waals surface area contributed by atoms with Gasteiger partial charge in [-0.25, -0.2) is 0 Å². The van der Waals surface area contributed by atoms with Crippen LogP contribution in [0.25, 0.3) is 6.08 Å². The lowest BCUT2D eigenvalue weighted by atomic mass is 9.65. The predicted molar refractivity (Wildman–Crippen MR) is 128 cm³/mol. The Morgan fingerprint density at radius 2 is 1.56 bits per heavy atom. The summed E-state index contributed by atoms with van der Waals surface area (Å²) in [6, 6.07) is 24.7. The molecule has 0 spiro atoms. The fourth-order valence-corrected chi connectivity index (χ4v) is 4.93. The molecule has 5 heteroatoms. The summed E-state index contributed by atoms with van der Waals surface area (Å²) in [6.07, 6.45) is 4.03. The van der Waals surface area contributed by atoms with Gasteiger partial charge in [-0.1, -0.05) is 55.5 Å². The second kappa shape index (κ2) is 8.08. The highest BCUT2D eigenvalue weighted by Crippen LogP contribution is 2.50. The highest BCUT2D eigenvalue weighted by atomic mass is 16.6. The largest absolute Gasteiger partial charge is 0.303 e. The molecule has 0 aromatic heterocycles. The molecule has 0 saturated carbocycles. The molecule has 0 unspecified atom stereocenters. The van der Waals surface area contributed by atoms with Crippen LogP contribution >= 0.6 is 0 Å². The van der Waals surface area contributed by atoms with Crippen molar-refractivity contribution < 1.29 is 9.72 Å². The molecule has 0 bridgehead atoms. The predicted octanol–water partition coefficient (Wildman–Crippen LogP) is 6.13. The second-order valence-corrected chi connectivity index (χ2v) is 9.06. The summed E-state index contributed by atoms with van der Waals surface area (Å²) in [5.41, 5.74) is 3.39. The Balaban J connectivity index is 1.71. The van der Waals surface area contributed by atoms with E-state index in [0.29, 0.717) is 0 Å². The van der Waals surface area contributed by atoms with Crippen molar-refractivity contribution in [2.75, 3.05) is 4.90 Å². The average molecular weight is 427 g/mol. The van der Waals surface area contributed by atoms with Crippen molar-refractivity contribution in [3.05, 3.63) is 112 Å². The van der Waals surface area contributed by atoms with E-state index in [1.54, 1.807) is 24.3 Å². The lowest BCUT2D eigenvalue weighted by Crippen LogP contribution is -2.55. The quantitative estimate of drug-likeness (QED) is 0.286. The number of carbonyl (C=O) groups is 1. The van der Waals surface area contributed by atoms with Gasteiger partial charge in [-0.15, -0.1) is 0 Å². The van der Waals surface area contributed by atoms with Crippen molar-refractivity contribution in [1.29, 1.82) is 0 Å². The standard InChI is InChI=1S/C27H26N2O3/c1-26(2)19-27(3,21-9-5-4-6-10-21)23-11-7-8-12-24(23)28(26)25(30)18-15-20-13-16-22(17-14-20)29(31)32/h4-18H,19H2,1-3H3/b18-15+/t27-/m0/s1. The van der Waals surface area contributed by atoms with Crippen LogP contribution in [0.2, 0.25) is 0 Å². The van der Waals surface area contributed by atoms with Crippen molar-refractivity contribution >= 4 is 23.4 Å². The molecule has 0 fully saturated rings. The Bertz CT molecular complexity index is 1180. The van der Waals surface area contributed by atoms with Crippen molar-refractivity contribution in [1.82, 2.24) is 0 Å². The van der Waals surface area contributed by atoms with Gasteiger partial charge in [0.1, 0.15) is 0 Å². The molecule has 1 aliphatic rings. The van der Waals surface area contributed by atoms with E-state index in [9.17, 15) is 14.9 Å². The van der Waals surface area contributed by atoms with Crippen molar-refractivity contribution in [2.24, 2.45) is 0 Å². The van der Waals surface area contributed by atoms with Gasteiger partial charge in [-0.05, 0) is 61.2 Å². The van der Waals surface area contributed by atoms with Crippen LogP contribution in [0, 0.1) is 10.1 Å². The summed E-state index contributed by atoms with van der Waals surface area (Å²) in [7, 11) is 0. The summed E-state index contributed by atoms with van der Waals surface area (Å²) in [6.45, 7) is 6.45. The minimum atomic E-state index is -0.435. The Hall–Kier alpha value is -3.73. The molecule has 0 saturated heterocycles. The zero-order chi connectivity index (χ0) is 22.9. The molecule has 1 atom stereocenters. The van der Waals surface area contributed by atoms with Gasteiger partial charge in [0.2, 0.25) is 0 Å². The Kier molecular flexibility index (Phi) is 5.43. The van der Waals surface area contributed by atoms with Gasteiger partial charge in [-0.2, -0.15) is 0 Å². The van der Waals surface area contributed by atoms with E-state index in [1.807, 2.05) is 29.2 Å². The van der Waals surface area contributed by atoms with Crippen LogP contribution in [0.1, 0.15) is 43.9 Å². The van der Waals surface area contributed by atoms with Crippen LogP contribution in [0.5, 0.6) is 0 Å². The number of nitro benzene ring substituents is 1. The van der Waals surface area contributed by atoms with Crippen LogP contribution in [0.4, 0.5) is 11.4 Å². The number of hydrogen-bond acceptors (Lipinski definition) is 3. The van der Waals surface area contributed by atoms with Gasteiger partial charge in [0, 0.05) is 34.9 Å². The number of rotatable bonds is 4. The molecule has 1 heterocycles. The minimum Gasteiger partial charge on any atom is -0.303 e. The van der Waals surface area contributed by atoms with E-state index < -0.39 is 10.5 Å². The zero-order valence-electron chi connectivity index (χ0n) is 18.5. The fraction of sp³-hybridized carbons (Fsp3) is 0.222. The molecule has 4 rings (SSSR count). The summed E-state index contributed by atoms with van der Waals surface area (Å²) in [5, 5.41) is 10.9. The topological polar surface area (TPSA) is 63.5 Å². The Morgan fingerprint density at radius 3 is 2.22 bits per heavy atom. The third kappa shape index (κ3) is 3.82. The number of carbonyl (C=O) groups excluding carboxylic acids is 1. The Morgan fingerprint density at radius 1 is 0.938 bits per heavy atom. The second-order valence-electron chi connectivity index (χ2n) is 9.06. The van der Waals surface area contributed by atoms with Crippen LogP contribution in [0.3, 0.4) is 0 Å². The zero-order valence-corrected chi connectivity index (χ0v) is 18.5. The third-order valence-electron chi connectivity index (χ3n) is 6.28. The van der Waals surface area contributed by atoms with E-state index in [-0.39, 0.29) is 17.0 Å². The summed E-state index contributed by atoms with van der Waals surface area (Å²) < 4.78 is 0. The Labute approximate surface area is 188 Å². The summed E-state index contributed by atoms with van der Waals surface area (Å²) >= 11 is 0. The van der Waals surface area contributed by atoms with E-state index in [1.165, 1.54) is 17.7 Å². The summed E-state index contributed by atoms with van der Waals surface area (Å²) in [4.78, 5) is 25.7. The SMILES string of the molecule is CC1(C)C[C@@](C)(c2ccccc2)c2ccccc2N1C(=O)/C=C/c1ccc([N+](=O)[O-])cc1. The molecule has 1 amide bonds. The third-order valence-corrected chi connectivity index (χ3v) is 6.28. The van der Waals surface area contributed by atoms with Crippen LogP contribution in [0.15, 0.2) is 84.9 Å². The first-order valence-corrected chi connectivity index (χ1v) is 10.6. The number of nitrogens with zero attached hydrogens (tertiary/aromatic N) is 2. The number of nitro groups is 1. The van der Waals surface area contributed by atoms with E-state index >= 15 is 0 Å². The smallest absolute Gasteiger partial charge is 0.269 e. The molecule has 162 valence electrons. The number of para-hydroxylation sites is 1.